The van der Waals surface area contributed by atoms with Crippen LogP contribution in [0.3, 0.4) is 0 Å². The van der Waals surface area contributed by atoms with Gasteiger partial charge in [-0.1, -0.05) is 29.8 Å². The maximum atomic E-state index is 12.6. The van der Waals surface area contributed by atoms with E-state index in [1.54, 1.807) is 33.3 Å². The molecule has 0 spiro atoms. The summed E-state index contributed by atoms with van der Waals surface area (Å²) in [5, 5.41) is 3.53. The zero-order valence-corrected chi connectivity index (χ0v) is 18.0. The summed E-state index contributed by atoms with van der Waals surface area (Å²) in [6.07, 6.45) is 0.635. The lowest BCUT2D eigenvalue weighted by atomic mass is 10.1. The Morgan fingerprint density at radius 2 is 1.66 bits per heavy atom. The predicted octanol–water partition coefficient (Wildman–Crippen LogP) is 3.45. The molecule has 0 saturated carbocycles. The summed E-state index contributed by atoms with van der Waals surface area (Å²) in [7, 11) is 3.17. The Balaban J connectivity index is 1.94. The van der Waals surface area contributed by atoms with Crippen LogP contribution in [0.5, 0.6) is 11.5 Å². The van der Waals surface area contributed by atoms with Crippen LogP contribution in [0.25, 0.3) is 0 Å². The van der Waals surface area contributed by atoms with Gasteiger partial charge in [0, 0.05) is 25.0 Å². The van der Waals surface area contributed by atoms with Gasteiger partial charge in [0.15, 0.2) is 11.5 Å². The van der Waals surface area contributed by atoms with Gasteiger partial charge in [-0.3, -0.25) is 9.59 Å². The topological polar surface area (TPSA) is 67.9 Å². The highest BCUT2D eigenvalue weighted by Gasteiger charge is 2.23. The van der Waals surface area contributed by atoms with Gasteiger partial charge in [0.25, 0.3) is 0 Å². The molecule has 0 bridgehead atoms. The van der Waals surface area contributed by atoms with E-state index in [4.69, 9.17) is 21.1 Å². The molecule has 6 nitrogen and oxygen atoms in total. The normalized spacial score (nSPS) is 11.5. The smallest absolute Gasteiger partial charge is 0.242 e. The lowest BCUT2D eigenvalue weighted by Crippen LogP contribution is -2.47. The molecule has 2 rings (SSSR count). The summed E-state index contributed by atoms with van der Waals surface area (Å²) in [6.45, 7) is 3.98. The zero-order valence-electron chi connectivity index (χ0n) is 17.2. The van der Waals surface area contributed by atoms with Crippen LogP contribution in [-0.4, -0.2) is 43.5 Å². The molecule has 0 unspecified atom stereocenters. The van der Waals surface area contributed by atoms with Crippen LogP contribution in [-0.2, 0) is 22.6 Å². The van der Waals surface area contributed by atoms with Gasteiger partial charge in [-0.15, -0.1) is 0 Å². The van der Waals surface area contributed by atoms with Crippen molar-refractivity contribution < 1.29 is 19.1 Å². The van der Waals surface area contributed by atoms with Crippen LogP contribution >= 0.6 is 11.6 Å². The first-order valence-corrected chi connectivity index (χ1v) is 9.73. The van der Waals surface area contributed by atoms with Crippen LogP contribution in [0.1, 0.15) is 25.0 Å². The van der Waals surface area contributed by atoms with E-state index in [9.17, 15) is 9.59 Å². The van der Waals surface area contributed by atoms with E-state index in [-0.39, 0.29) is 11.8 Å². The van der Waals surface area contributed by atoms with E-state index in [0.717, 1.165) is 11.1 Å². The van der Waals surface area contributed by atoms with Crippen LogP contribution in [0, 0.1) is 0 Å². The first kappa shape index (κ1) is 22.6. The number of ether oxygens (including phenoxy) is 2. The number of hydrogen-bond acceptors (Lipinski definition) is 4. The van der Waals surface area contributed by atoms with Crippen LogP contribution in [0.4, 0.5) is 0 Å². The molecule has 0 aliphatic carbocycles. The highest BCUT2D eigenvalue weighted by molar-refractivity contribution is 6.30. The molecule has 0 fully saturated rings. The fraction of sp³-hybridized carbons (Fsp3) is 0.364. The SMILES string of the molecule is COc1ccc(CCNC(=O)[C@@H](C)N(Cc2ccc(Cl)cc2)C(C)=O)cc1OC. The average Bonchev–Trinajstić information content (AvgIpc) is 2.72. The van der Waals surface area contributed by atoms with Gasteiger partial charge in [-0.05, 0) is 48.7 Å². The Hall–Kier alpha value is -2.73. The maximum Gasteiger partial charge on any atom is 0.242 e. The molecule has 1 atom stereocenters. The van der Waals surface area contributed by atoms with Gasteiger partial charge >= 0.3 is 0 Å². The molecular weight excluding hydrogens is 392 g/mol. The number of carbonyl (C=O) groups is 2. The Morgan fingerprint density at radius 1 is 1.03 bits per heavy atom. The summed E-state index contributed by atoms with van der Waals surface area (Å²) >= 11 is 5.91. The van der Waals surface area contributed by atoms with E-state index < -0.39 is 6.04 Å². The fourth-order valence-corrected chi connectivity index (χ4v) is 3.09. The van der Waals surface area contributed by atoms with Crippen LogP contribution in [0.2, 0.25) is 5.02 Å². The molecule has 0 aliphatic rings. The van der Waals surface area contributed by atoms with Crippen molar-refractivity contribution in [2.75, 3.05) is 20.8 Å². The van der Waals surface area contributed by atoms with Gasteiger partial charge in [0.1, 0.15) is 6.04 Å². The van der Waals surface area contributed by atoms with E-state index >= 15 is 0 Å². The average molecular weight is 419 g/mol. The Labute approximate surface area is 176 Å². The Kier molecular flexibility index (Phi) is 8.34. The van der Waals surface area contributed by atoms with Crippen molar-refractivity contribution in [1.82, 2.24) is 10.2 Å². The Bertz CT molecular complexity index is 839. The van der Waals surface area contributed by atoms with E-state index in [2.05, 4.69) is 5.32 Å². The lowest BCUT2D eigenvalue weighted by molar-refractivity contribution is -0.138. The number of nitrogens with zero attached hydrogens (tertiary/aromatic N) is 1. The molecular formula is C22H27ClN2O4. The second-order valence-corrected chi connectivity index (χ2v) is 7.12. The summed E-state index contributed by atoms with van der Waals surface area (Å²) in [5.74, 6) is 0.945. The van der Waals surface area contributed by atoms with Crippen molar-refractivity contribution in [3.05, 3.63) is 58.6 Å². The van der Waals surface area contributed by atoms with E-state index in [1.165, 1.54) is 11.8 Å². The number of rotatable bonds is 9. The quantitative estimate of drug-likeness (QED) is 0.677. The molecule has 0 saturated heterocycles. The summed E-state index contributed by atoms with van der Waals surface area (Å²) in [4.78, 5) is 26.2. The zero-order chi connectivity index (χ0) is 21.4. The minimum absolute atomic E-state index is 0.164. The molecule has 7 heteroatoms. The van der Waals surface area contributed by atoms with Crippen molar-refractivity contribution in [1.29, 1.82) is 0 Å². The molecule has 0 aliphatic heterocycles. The van der Waals surface area contributed by atoms with Gasteiger partial charge in [0.05, 0.1) is 14.2 Å². The molecule has 2 aromatic rings. The van der Waals surface area contributed by atoms with Gasteiger partial charge < -0.3 is 19.7 Å². The number of methoxy groups -OCH3 is 2. The molecule has 0 heterocycles. The van der Waals surface area contributed by atoms with Crippen molar-refractivity contribution in [3.63, 3.8) is 0 Å². The maximum absolute atomic E-state index is 12.6. The van der Waals surface area contributed by atoms with Crippen LogP contribution in [0.15, 0.2) is 42.5 Å². The summed E-state index contributed by atoms with van der Waals surface area (Å²) in [6, 6.07) is 12.3. The first-order chi connectivity index (χ1) is 13.8. The third kappa shape index (κ3) is 6.39. The molecule has 2 amide bonds. The molecule has 0 aromatic heterocycles. The third-order valence-electron chi connectivity index (χ3n) is 4.68. The predicted molar refractivity (Wildman–Crippen MR) is 113 cm³/mol. The molecule has 156 valence electrons. The largest absolute Gasteiger partial charge is 0.493 e. The third-order valence-corrected chi connectivity index (χ3v) is 4.93. The van der Waals surface area contributed by atoms with E-state index in [1.807, 2.05) is 30.3 Å². The Morgan fingerprint density at radius 3 is 2.24 bits per heavy atom. The minimum Gasteiger partial charge on any atom is -0.493 e. The van der Waals surface area contributed by atoms with Crippen molar-refractivity contribution in [3.8, 4) is 11.5 Å². The van der Waals surface area contributed by atoms with Gasteiger partial charge in [0.2, 0.25) is 11.8 Å². The highest BCUT2D eigenvalue weighted by Crippen LogP contribution is 2.27. The number of benzene rings is 2. The molecule has 1 N–H and O–H groups in total. The molecule has 29 heavy (non-hydrogen) atoms. The number of halogens is 1. The second-order valence-electron chi connectivity index (χ2n) is 6.68. The standard InChI is InChI=1S/C22H27ClN2O4/c1-15(25(16(2)26)14-18-5-8-19(23)9-6-18)22(27)24-12-11-17-7-10-20(28-3)21(13-17)29-4/h5-10,13,15H,11-12,14H2,1-4H3,(H,24,27)/t15-/m1/s1. The summed E-state index contributed by atoms with van der Waals surface area (Å²) < 4.78 is 10.5. The van der Waals surface area contributed by atoms with Gasteiger partial charge in [-0.25, -0.2) is 0 Å². The monoisotopic (exact) mass is 418 g/mol. The van der Waals surface area contributed by atoms with Crippen molar-refractivity contribution in [2.45, 2.75) is 32.9 Å². The van der Waals surface area contributed by atoms with E-state index in [0.29, 0.717) is 36.0 Å². The number of carbonyl (C=O) groups excluding carboxylic acids is 2. The molecule has 0 radical (unpaired) electrons. The minimum atomic E-state index is -0.589. The lowest BCUT2D eigenvalue weighted by Gasteiger charge is -2.27. The number of nitrogens with one attached hydrogen (secondary N) is 1. The second kappa shape index (κ2) is 10.7. The van der Waals surface area contributed by atoms with Crippen molar-refractivity contribution >= 4 is 23.4 Å². The summed E-state index contributed by atoms with van der Waals surface area (Å²) in [5.41, 5.74) is 1.93. The van der Waals surface area contributed by atoms with Crippen LogP contribution < -0.4 is 14.8 Å². The highest BCUT2D eigenvalue weighted by atomic mass is 35.5. The fourth-order valence-electron chi connectivity index (χ4n) is 2.96. The van der Waals surface area contributed by atoms with Gasteiger partial charge in [-0.2, -0.15) is 0 Å². The number of amides is 2. The first-order valence-electron chi connectivity index (χ1n) is 9.36. The molecule has 2 aromatic carbocycles. The number of hydrogen-bond donors (Lipinski definition) is 1. The van der Waals surface area contributed by atoms with Crippen molar-refractivity contribution in [2.24, 2.45) is 0 Å².